The van der Waals surface area contributed by atoms with E-state index in [0.717, 1.165) is 6.20 Å². The molecule has 1 aliphatic rings. The first kappa shape index (κ1) is 16.3. The summed E-state index contributed by atoms with van der Waals surface area (Å²) >= 11 is 5.75. The fourth-order valence-corrected chi connectivity index (χ4v) is 2.94. The highest BCUT2D eigenvalue weighted by molar-refractivity contribution is 6.30. The van der Waals surface area contributed by atoms with E-state index < -0.39 is 35.8 Å². The van der Waals surface area contributed by atoms with Crippen LogP contribution in [0.4, 0.5) is 22.0 Å². The molecule has 1 aromatic carbocycles. The van der Waals surface area contributed by atoms with Gasteiger partial charge in [0.15, 0.2) is 0 Å². The Morgan fingerprint density at radius 1 is 1.17 bits per heavy atom. The second kappa shape index (κ2) is 5.21. The fourth-order valence-electron chi connectivity index (χ4n) is 2.81. The maximum Gasteiger partial charge on any atom is 0.418 e. The summed E-state index contributed by atoms with van der Waals surface area (Å²) in [6, 6.07) is 5.96. The van der Waals surface area contributed by atoms with Crippen LogP contribution < -0.4 is 0 Å². The van der Waals surface area contributed by atoms with Crippen molar-refractivity contribution in [2.45, 2.75) is 31.0 Å². The molecule has 124 valence electrons. The van der Waals surface area contributed by atoms with E-state index >= 15 is 0 Å². The van der Waals surface area contributed by atoms with E-state index in [1.165, 1.54) is 28.8 Å². The van der Waals surface area contributed by atoms with Gasteiger partial charge in [-0.3, -0.25) is 0 Å². The molecule has 0 radical (unpaired) electrons. The van der Waals surface area contributed by atoms with Gasteiger partial charge in [0.05, 0.1) is 5.56 Å². The highest BCUT2D eigenvalue weighted by atomic mass is 35.5. The van der Waals surface area contributed by atoms with E-state index in [9.17, 15) is 27.1 Å². The van der Waals surface area contributed by atoms with Crippen molar-refractivity contribution in [3.8, 4) is 5.69 Å². The molecule has 0 amide bonds. The van der Waals surface area contributed by atoms with E-state index in [0.29, 0.717) is 10.7 Å². The van der Waals surface area contributed by atoms with Crippen LogP contribution >= 0.6 is 11.6 Å². The molecule has 0 spiro atoms. The summed E-state index contributed by atoms with van der Waals surface area (Å²) < 4.78 is 68.1. The highest BCUT2D eigenvalue weighted by Gasteiger charge is 2.50. The maximum absolute atomic E-state index is 13.7. The second-order valence-electron chi connectivity index (χ2n) is 5.41. The smallest absolute Gasteiger partial charge is 0.382 e. The quantitative estimate of drug-likeness (QED) is 0.736. The zero-order valence-electron chi connectivity index (χ0n) is 11.5. The molecule has 1 aromatic heterocycles. The topological polar surface area (TPSA) is 25.2 Å². The predicted octanol–water partition coefficient (Wildman–Crippen LogP) is 4.76. The summed E-state index contributed by atoms with van der Waals surface area (Å²) in [5.41, 5.74) is -1.59. The number of hydrogen-bond acceptors (Lipinski definition) is 1. The zero-order chi connectivity index (χ0) is 17.0. The zero-order valence-corrected chi connectivity index (χ0v) is 12.3. The van der Waals surface area contributed by atoms with E-state index in [1.807, 2.05) is 0 Å². The lowest BCUT2D eigenvalue weighted by Gasteiger charge is -2.29. The molecule has 23 heavy (non-hydrogen) atoms. The fraction of sp³-hybridized carbons (Fsp3) is 0.333. The number of alkyl halides is 5. The van der Waals surface area contributed by atoms with Gasteiger partial charge in [-0.2, -0.15) is 13.2 Å². The lowest BCUT2D eigenvalue weighted by molar-refractivity contribution is -0.147. The van der Waals surface area contributed by atoms with Crippen molar-refractivity contribution in [2.75, 3.05) is 0 Å². The molecular formula is C15H11ClF5NO. The van der Waals surface area contributed by atoms with Crippen molar-refractivity contribution in [1.29, 1.82) is 0 Å². The van der Waals surface area contributed by atoms with Crippen LogP contribution in [-0.2, 0) is 12.6 Å². The Kier molecular flexibility index (Phi) is 3.68. The number of benzene rings is 1. The number of aromatic nitrogens is 1. The first-order chi connectivity index (χ1) is 10.6. The third kappa shape index (κ3) is 2.72. The molecule has 1 unspecified atom stereocenters. The lowest BCUT2D eigenvalue weighted by Crippen LogP contribution is -2.33. The molecule has 2 aromatic rings. The Labute approximate surface area is 133 Å². The average Bonchev–Trinajstić information content (AvgIpc) is 2.84. The van der Waals surface area contributed by atoms with E-state index in [-0.39, 0.29) is 12.1 Å². The Bertz CT molecular complexity index is 736. The largest absolute Gasteiger partial charge is 0.418 e. The van der Waals surface area contributed by atoms with Gasteiger partial charge in [-0.1, -0.05) is 11.6 Å². The van der Waals surface area contributed by atoms with Crippen LogP contribution in [-0.4, -0.2) is 15.6 Å². The number of fused-ring (bicyclic) bond motifs is 1. The van der Waals surface area contributed by atoms with Gasteiger partial charge in [0.1, 0.15) is 6.10 Å². The van der Waals surface area contributed by atoms with Crippen molar-refractivity contribution in [1.82, 2.24) is 4.57 Å². The van der Waals surface area contributed by atoms with Crippen LogP contribution in [0.5, 0.6) is 0 Å². The standard InChI is InChI=1S/C15H11ClF5NO/c16-8-1-3-9(4-2-8)22-7-10(15(19,20)21)12-11(22)5-6-14(17,18)13(12)23/h1-4,7,13,23H,5-6H2. The molecule has 3 rings (SSSR count). The number of nitrogens with zero attached hydrogens (tertiary/aromatic N) is 1. The molecule has 1 aliphatic carbocycles. The molecule has 8 heteroatoms. The Morgan fingerprint density at radius 2 is 1.78 bits per heavy atom. The van der Waals surface area contributed by atoms with Gasteiger partial charge in [0.2, 0.25) is 0 Å². The van der Waals surface area contributed by atoms with Crippen molar-refractivity contribution in [2.24, 2.45) is 0 Å². The molecule has 0 fully saturated rings. The minimum Gasteiger partial charge on any atom is -0.382 e. The number of aliphatic hydroxyl groups is 1. The summed E-state index contributed by atoms with van der Waals surface area (Å²) in [7, 11) is 0. The van der Waals surface area contributed by atoms with Gasteiger partial charge in [0, 0.05) is 34.6 Å². The number of aliphatic hydroxyl groups excluding tert-OH is 1. The summed E-state index contributed by atoms with van der Waals surface area (Å²) in [6.07, 6.45) is -7.54. The van der Waals surface area contributed by atoms with Crippen molar-refractivity contribution >= 4 is 11.6 Å². The summed E-state index contributed by atoms with van der Waals surface area (Å²) in [6.45, 7) is 0. The molecule has 0 saturated heterocycles. The van der Waals surface area contributed by atoms with Gasteiger partial charge in [-0.05, 0) is 30.7 Å². The first-order valence-electron chi connectivity index (χ1n) is 6.74. The minimum absolute atomic E-state index is 0.0399. The minimum atomic E-state index is -4.84. The maximum atomic E-state index is 13.7. The van der Waals surface area contributed by atoms with Gasteiger partial charge in [-0.25, -0.2) is 8.78 Å². The molecule has 2 nitrogen and oxygen atoms in total. The Balaban J connectivity index is 2.23. The summed E-state index contributed by atoms with van der Waals surface area (Å²) in [4.78, 5) is 0. The second-order valence-corrected chi connectivity index (χ2v) is 5.85. The average molecular weight is 352 g/mol. The van der Waals surface area contributed by atoms with Crippen LogP contribution in [0.1, 0.15) is 29.3 Å². The van der Waals surface area contributed by atoms with Crippen molar-refractivity contribution < 1.29 is 27.1 Å². The van der Waals surface area contributed by atoms with Gasteiger partial charge < -0.3 is 9.67 Å². The molecule has 1 N–H and O–H groups in total. The molecule has 0 saturated carbocycles. The first-order valence-corrected chi connectivity index (χ1v) is 7.12. The van der Waals surface area contributed by atoms with Crippen LogP contribution in [0, 0.1) is 0 Å². The molecule has 0 aliphatic heterocycles. The molecule has 0 bridgehead atoms. The number of rotatable bonds is 1. The third-order valence-electron chi connectivity index (χ3n) is 3.93. The van der Waals surface area contributed by atoms with Crippen LogP contribution in [0.3, 0.4) is 0 Å². The predicted molar refractivity (Wildman–Crippen MR) is 74.0 cm³/mol. The van der Waals surface area contributed by atoms with Crippen LogP contribution in [0.2, 0.25) is 5.02 Å². The van der Waals surface area contributed by atoms with E-state index in [4.69, 9.17) is 11.6 Å². The van der Waals surface area contributed by atoms with E-state index in [1.54, 1.807) is 0 Å². The third-order valence-corrected chi connectivity index (χ3v) is 4.18. The summed E-state index contributed by atoms with van der Waals surface area (Å²) in [5, 5.41) is 10.2. The monoisotopic (exact) mass is 351 g/mol. The Morgan fingerprint density at radius 3 is 2.35 bits per heavy atom. The molecule has 1 atom stereocenters. The van der Waals surface area contributed by atoms with Gasteiger partial charge in [-0.15, -0.1) is 0 Å². The van der Waals surface area contributed by atoms with Gasteiger partial charge >= 0.3 is 6.18 Å². The number of hydrogen-bond donors (Lipinski definition) is 1. The van der Waals surface area contributed by atoms with E-state index in [2.05, 4.69) is 0 Å². The van der Waals surface area contributed by atoms with Crippen LogP contribution in [0.15, 0.2) is 30.5 Å². The van der Waals surface area contributed by atoms with Crippen molar-refractivity contribution in [3.05, 3.63) is 52.3 Å². The normalized spacial score (nSPS) is 20.4. The lowest BCUT2D eigenvalue weighted by atomic mass is 9.89. The number of halogens is 6. The summed E-state index contributed by atoms with van der Waals surface area (Å²) in [5.74, 6) is -3.58. The molecule has 1 heterocycles. The van der Waals surface area contributed by atoms with Crippen molar-refractivity contribution in [3.63, 3.8) is 0 Å². The Hall–Kier alpha value is -1.60. The highest BCUT2D eigenvalue weighted by Crippen LogP contribution is 2.48. The SMILES string of the molecule is OC1c2c(C(F)(F)F)cn(-c3ccc(Cl)cc3)c2CCC1(F)F. The van der Waals surface area contributed by atoms with Crippen LogP contribution in [0.25, 0.3) is 5.69 Å². The van der Waals surface area contributed by atoms with Gasteiger partial charge in [0.25, 0.3) is 5.92 Å². The molecular weight excluding hydrogens is 341 g/mol.